The first-order chi connectivity index (χ1) is 5.59. The van der Waals surface area contributed by atoms with Crippen molar-refractivity contribution in [2.24, 2.45) is 5.92 Å². The molecule has 0 radical (unpaired) electrons. The van der Waals surface area contributed by atoms with Gasteiger partial charge in [-0.1, -0.05) is 13.8 Å². The Hall–Kier alpha value is -0.570. The van der Waals surface area contributed by atoms with Gasteiger partial charge in [0.05, 0.1) is 5.69 Å². The standard InChI is InChI=1S/C9H16N2S/c1-7(2)5-8-6-12-9(10-8)11(3)4/h6-7H,5H2,1-4H3. The smallest absolute Gasteiger partial charge is 0.184 e. The molecule has 0 saturated heterocycles. The summed E-state index contributed by atoms with van der Waals surface area (Å²) in [4.78, 5) is 6.54. The molecular formula is C9H16N2S. The van der Waals surface area contributed by atoms with Gasteiger partial charge in [-0.2, -0.15) is 0 Å². The van der Waals surface area contributed by atoms with Crippen molar-refractivity contribution in [1.29, 1.82) is 0 Å². The van der Waals surface area contributed by atoms with Crippen LogP contribution in [0.4, 0.5) is 5.13 Å². The molecule has 1 aromatic heterocycles. The number of hydrogen-bond donors (Lipinski definition) is 0. The molecule has 0 bridgehead atoms. The quantitative estimate of drug-likeness (QED) is 0.717. The molecule has 1 rings (SSSR count). The molecule has 0 unspecified atom stereocenters. The van der Waals surface area contributed by atoms with Crippen molar-refractivity contribution in [3.63, 3.8) is 0 Å². The zero-order valence-electron chi connectivity index (χ0n) is 8.16. The topological polar surface area (TPSA) is 16.1 Å². The molecule has 0 fully saturated rings. The summed E-state index contributed by atoms with van der Waals surface area (Å²) in [6.45, 7) is 4.43. The van der Waals surface area contributed by atoms with Crippen LogP contribution in [0.3, 0.4) is 0 Å². The second kappa shape index (κ2) is 3.90. The van der Waals surface area contributed by atoms with E-state index in [1.165, 1.54) is 5.69 Å². The maximum absolute atomic E-state index is 4.49. The van der Waals surface area contributed by atoms with Gasteiger partial charge in [-0.3, -0.25) is 0 Å². The molecule has 12 heavy (non-hydrogen) atoms. The molecule has 1 aromatic rings. The Morgan fingerprint density at radius 1 is 1.50 bits per heavy atom. The maximum atomic E-state index is 4.49. The highest BCUT2D eigenvalue weighted by Gasteiger charge is 2.04. The third-order valence-electron chi connectivity index (χ3n) is 1.54. The zero-order valence-corrected chi connectivity index (χ0v) is 8.98. The molecule has 0 atom stereocenters. The van der Waals surface area contributed by atoms with Crippen molar-refractivity contribution in [3.05, 3.63) is 11.1 Å². The largest absolute Gasteiger partial charge is 0.354 e. The summed E-state index contributed by atoms with van der Waals surface area (Å²) in [6.07, 6.45) is 1.09. The lowest BCUT2D eigenvalue weighted by atomic mass is 10.1. The lowest BCUT2D eigenvalue weighted by molar-refractivity contribution is 0.638. The highest BCUT2D eigenvalue weighted by atomic mass is 32.1. The van der Waals surface area contributed by atoms with E-state index < -0.39 is 0 Å². The van der Waals surface area contributed by atoms with Crippen LogP contribution in [0.25, 0.3) is 0 Å². The summed E-state index contributed by atoms with van der Waals surface area (Å²) in [5.74, 6) is 0.696. The van der Waals surface area contributed by atoms with E-state index in [2.05, 4.69) is 29.1 Å². The molecule has 68 valence electrons. The SMILES string of the molecule is CC(C)Cc1csc(N(C)C)n1. The molecular weight excluding hydrogens is 168 g/mol. The summed E-state index contributed by atoms with van der Waals surface area (Å²) in [6, 6.07) is 0. The Kier molecular flexibility index (Phi) is 3.09. The lowest BCUT2D eigenvalue weighted by Gasteiger charge is -2.05. The maximum Gasteiger partial charge on any atom is 0.184 e. The van der Waals surface area contributed by atoms with E-state index in [-0.39, 0.29) is 0 Å². The molecule has 0 aromatic carbocycles. The number of anilines is 1. The Morgan fingerprint density at radius 2 is 2.17 bits per heavy atom. The van der Waals surface area contributed by atoms with Gasteiger partial charge in [0, 0.05) is 19.5 Å². The number of thiazole rings is 1. The zero-order chi connectivity index (χ0) is 9.14. The van der Waals surface area contributed by atoms with E-state index in [1.54, 1.807) is 11.3 Å². The molecule has 2 nitrogen and oxygen atoms in total. The van der Waals surface area contributed by atoms with Gasteiger partial charge in [0.15, 0.2) is 5.13 Å². The fraction of sp³-hybridized carbons (Fsp3) is 0.667. The fourth-order valence-electron chi connectivity index (χ4n) is 1.01. The summed E-state index contributed by atoms with van der Waals surface area (Å²) < 4.78 is 0. The fourth-order valence-corrected chi connectivity index (χ4v) is 1.78. The van der Waals surface area contributed by atoms with Crippen molar-refractivity contribution in [2.45, 2.75) is 20.3 Å². The first-order valence-electron chi connectivity index (χ1n) is 4.21. The molecule has 0 amide bonds. The Morgan fingerprint density at radius 3 is 2.58 bits per heavy atom. The van der Waals surface area contributed by atoms with Crippen LogP contribution < -0.4 is 4.90 Å². The molecule has 0 saturated carbocycles. The van der Waals surface area contributed by atoms with E-state index in [0.29, 0.717) is 5.92 Å². The summed E-state index contributed by atoms with van der Waals surface area (Å²) in [5, 5.41) is 3.25. The van der Waals surface area contributed by atoms with Gasteiger partial charge in [-0.15, -0.1) is 11.3 Å². The molecule has 3 heteroatoms. The molecule has 1 heterocycles. The highest BCUT2D eigenvalue weighted by Crippen LogP contribution is 2.19. The molecule has 0 aliphatic carbocycles. The minimum Gasteiger partial charge on any atom is -0.354 e. The lowest BCUT2D eigenvalue weighted by Crippen LogP contribution is -2.08. The average Bonchev–Trinajstić information content (AvgIpc) is 2.34. The van der Waals surface area contributed by atoms with Gasteiger partial charge >= 0.3 is 0 Å². The van der Waals surface area contributed by atoms with Gasteiger partial charge < -0.3 is 4.90 Å². The number of aromatic nitrogens is 1. The van der Waals surface area contributed by atoms with Crippen LogP contribution >= 0.6 is 11.3 Å². The van der Waals surface area contributed by atoms with E-state index in [1.807, 2.05) is 14.1 Å². The van der Waals surface area contributed by atoms with Crippen molar-refractivity contribution in [2.75, 3.05) is 19.0 Å². The average molecular weight is 184 g/mol. The minimum absolute atomic E-state index is 0.696. The molecule has 0 aliphatic rings. The van der Waals surface area contributed by atoms with Crippen LogP contribution in [-0.4, -0.2) is 19.1 Å². The molecule has 0 N–H and O–H groups in total. The van der Waals surface area contributed by atoms with Crippen LogP contribution in [0.2, 0.25) is 0 Å². The van der Waals surface area contributed by atoms with Crippen molar-refractivity contribution in [3.8, 4) is 0 Å². The second-order valence-corrected chi connectivity index (χ2v) is 4.45. The van der Waals surface area contributed by atoms with Crippen LogP contribution in [-0.2, 0) is 6.42 Å². The van der Waals surface area contributed by atoms with Crippen molar-refractivity contribution in [1.82, 2.24) is 4.98 Å². The highest BCUT2D eigenvalue weighted by molar-refractivity contribution is 7.13. The predicted octanol–water partition coefficient (Wildman–Crippen LogP) is 2.41. The summed E-state index contributed by atoms with van der Waals surface area (Å²) in [7, 11) is 4.05. The van der Waals surface area contributed by atoms with Gasteiger partial charge in [-0.25, -0.2) is 4.98 Å². The van der Waals surface area contributed by atoms with Crippen LogP contribution in [0.15, 0.2) is 5.38 Å². The minimum atomic E-state index is 0.696. The van der Waals surface area contributed by atoms with E-state index in [4.69, 9.17) is 0 Å². The first-order valence-corrected chi connectivity index (χ1v) is 5.09. The Balaban J connectivity index is 2.64. The van der Waals surface area contributed by atoms with Crippen LogP contribution in [0.5, 0.6) is 0 Å². The molecule has 0 aliphatic heterocycles. The van der Waals surface area contributed by atoms with Crippen molar-refractivity contribution < 1.29 is 0 Å². The summed E-state index contributed by atoms with van der Waals surface area (Å²) in [5.41, 5.74) is 1.22. The van der Waals surface area contributed by atoms with Gasteiger partial charge in [0.25, 0.3) is 0 Å². The van der Waals surface area contributed by atoms with Gasteiger partial charge in [-0.05, 0) is 12.3 Å². The van der Waals surface area contributed by atoms with E-state index in [9.17, 15) is 0 Å². The third kappa shape index (κ3) is 2.48. The normalized spacial score (nSPS) is 10.8. The first kappa shape index (κ1) is 9.52. The second-order valence-electron chi connectivity index (χ2n) is 3.61. The number of nitrogens with zero attached hydrogens (tertiary/aromatic N) is 2. The van der Waals surface area contributed by atoms with Crippen LogP contribution in [0.1, 0.15) is 19.5 Å². The third-order valence-corrected chi connectivity index (χ3v) is 2.60. The van der Waals surface area contributed by atoms with Crippen molar-refractivity contribution >= 4 is 16.5 Å². The molecule has 0 spiro atoms. The number of rotatable bonds is 3. The van der Waals surface area contributed by atoms with E-state index in [0.717, 1.165) is 11.6 Å². The van der Waals surface area contributed by atoms with E-state index >= 15 is 0 Å². The Labute approximate surface area is 78.2 Å². The van der Waals surface area contributed by atoms with Crippen LogP contribution in [0, 0.1) is 5.92 Å². The predicted molar refractivity (Wildman–Crippen MR) is 55.0 cm³/mol. The number of hydrogen-bond acceptors (Lipinski definition) is 3. The monoisotopic (exact) mass is 184 g/mol. The van der Waals surface area contributed by atoms with Gasteiger partial charge in [0.2, 0.25) is 0 Å². The summed E-state index contributed by atoms with van der Waals surface area (Å²) >= 11 is 1.71. The Bertz CT molecular complexity index is 240. The van der Waals surface area contributed by atoms with Gasteiger partial charge in [0.1, 0.15) is 0 Å².